The zero-order valence-corrected chi connectivity index (χ0v) is 11.1. The average molecular weight is 249 g/mol. The van der Waals surface area contributed by atoms with Crippen LogP contribution in [0.1, 0.15) is 43.5 Å². The van der Waals surface area contributed by atoms with E-state index in [-0.39, 0.29) is 6.04 Å². The molecule has 0 spiro atoms. The molecule has 0 bridgehead atoms. The van der Waals surface area contributed by atoms with Crippen LogP contribution in [-0.4, -0.2) is 18.2 Å². The van der Waals surface area contributed by atoms with E-state index in [2.05, 4.69) is 23.4 Å². The van der Waals surface area contributed by atoms with Gasteiger partial charge in [-0.25, -0.2) is 0 Å². The number of ether oxygens (including phenoxy) is 1. The Morgan fingerprint density at radius 1 is 1.50 bits per heavy atom. The number of aryl methyl sites for hydroxylation is 1. The van der Waals surface area contributed by atoms with Gasteiger partial charge in [0, 0.05) is 19.4 Å². The third-order valence-corrected chi connectivity index (χ3v) is 3.75. The Balaban J connectivity index is 2.07. The van der Waals surface area contributed by atoms with Gasteiger partial charge in [-0.1, -0.05) is 13.0 Å². The van der Waals surface area contributed by atoms with Gasteiger partial charge in [0.1, 0.15) is 0 Å². The van der Waals surface area contributed by atoms with Gasteiger partial charge in [0.25, 0.3) is 0 Å². The third kappa shape index (κ3) is 3.28. The first-order valence-corrected chi connectivity index (χ1v) is 6.82. The summed E-state index contributed by atoms with van der Waals surface area (Å²) < 4.78 is 5.40. The molecule has 1 aliphatic heterocycles. The molecule has 1 saturated heterocycles. The average Bonchev–Trinajstić information content (AvgIpc) is 2.46. The standard InChI is InChI=1S/C14H23N3O/c1-2-12-4-3-7-16-14(12)13(17-15)10-11-5-8-18-9-6-11/h3-4,7,11,13,17H,2,5-6,8-10,15H2,1H3. The van der Waals surface area contributed by atoms with Crippen LogP contribution in [0.2, 0.25) is 0 Å². The number of pyridine rings is 1. The van der Waals surface area contributed by atoms with Gasteiger partial charge in [0.15, 0.2) is 0 Å². The maximum absolute atomic E-state index is 5.72. The van der Waals surface area contributed by atoms with Crippen LogP contribution in [-0.2, 0) is 11.2 Å². The molecule has 1 aliphatic rings. The maximum Gasteiger partial charge on any atom is 0.0637 e. The van der Waals surface area contributed by atoms with Crippen LogP contribution in [0.4, 0.5) is 0 Å². The number of hydrogen-bond acceptors (Lipinski definition) is 4. The summed E-state index contributed by atoms with van der Waals surface area (Å²) in [6, 6.07) is 4.28. The van der Waals surface area contributed by atoms with E-state index in [1.54, 1.807) is 0 Å². The van der Waals surface area contributed by atoms with Crippen molar-refractivity contribution in [1.29, 1.82) is 0 Å². The molecule has 2 heterocycles. The molecule has 0 aliphatic carbocycles. The van der Waals surface area contributed by atoms with Gasteiger partial charge >= 0.3 is 0 Å². The Bertz CT molecular complexity index is 364. The van der Waals surface area contributed by atoms with E-state index in [9.17, 15) is 0 Å². The Morgan fingerprint density at radius 2 is 2.28 bits per heavy atom. The second-order valence-corrected chi connectivity index (χ2v) is 4.91. The lowest BCUT2D eigenvalue weighted by molar-refractivity contribution is 0.0603. The van der Waals surface area contributed by atoms with Crippen LogP contribution in [0.5, 0.6) is 0 Å². The van der Waals surface area contributed by atoms with Gasteiger partial charge in [-0.05, 0) is 43.2 Å². The highest BCUT2D eigenvalue weighted by Crippen LogP contribution is 2.27. The fourth-order valence-corrected chi connectivity index (χ4v) is 2.64. The first-order valence-electron chi connectivity index (χ1n) is 6.82. The van der Waals surface area contributed by atoms with Crippen LogP contribution >= 0.6 is 0 Å². The molecule has 1 aromatic heterocycles. The molecule has 1 unspecified atom stereocenters. The van der Waals surface area contributed by atoms with Crippen molar-refractivity contribution in [1.82, 2.24) is 10.4 Å². The van der Waals surface area contributed by atoms with Gasteiger partial charge in [-0.3, -0.25) is 16.3 Å². The quantitative estimate of drug-likeness (QED) is 0.618. The third-order valence-electron chi connectivity index (χ3n) is 3.75. The van der Waals surface area contributed by atoms with Crippen molar-refractivity contribution >= 4 is 0 Å². The van der Waals surface area contributed by atoms with E-state index in [0.29, 0.717) is 5.92 Å². The summed E-state index contributed by atoms with van der Waals surface area (Å²) in [5, 5.41) is 0. The van der Waals surface area contributed by atoms with Crippen LogP contribution in [0, 0.1) is 5.92 Å². The molecule has 18 heavy (non-hydrogen) atoms. The predicted octanol–water partition coefficient (Wildman–Crippen LogP) is 1.97. The molecule has 1 aromatic rings. The highest BCUT2D eigenvalue weighted by Gasteiger charge is 2.21. The normalized spacial score (nSPS) is 18.8. The largest absolute Gasteiger partial charge is 0.381 e. The van der Waals surface area contributed by atoms with E-state index in [4.69, 9.17) is 10.6 Å². The van der Waals surface area contributed by atoms with E-state index < -0.39 is 0 Å². The van der Waals surface area contributed by atoms with Gasteiger partial charge in [-0.15, -0.1) is 0 Å². The predicted molar refractivity (Wildman–Crippen MR) is 71.8 cm³/mol. The second kappa shape index (κ2) is 6.83. The minimum absolute atomic E-state index is 0.157. The zero-order valence-electron chi connectivity index (χ0n) is 11.1. The summed E-state index contributed by atoms with van der Waals surface area (Å²) in [6.07, 6.45) is 6.15. The first-order chi connectivity index (χ1) is 8.85. The minimum Gasteiger partial charge on any atom is -0.381 e. The maximum atomic E-state index is 5.72. The number of nitrogens with two attached hydrogens (primary N) is 1. The van der Waals surface area contributed by atoms with Gasteiger partial charge < -0.3 is 4.74 Å². The smallest absolute Gasteiger partial charge is 0.0637 e. The van der Waals surface area contributed by atoms with E-state index >= 15 is 0 Å². The molecule has 4 nitrogen and oxygen atoms in total. The van der Waals surface area contributed by atoms with E-state index in [1.165, 1.54) is 5.56 Å². The first kappa shape index (κ1) is 13.5. The fraction of sp³-hybridized carbons (Fsp3) is 0.643. The van der Waals surface area contributed by atoms with Crippen molar-refractivity contribution < 1.29 is 4.74 Å². The fourth-order valence-electron chi connectivity index (χ4n) is 2.64. The van der Waals surface area contributed by atoms with Crippen molar-refractivity contribution in [3.05, 3.63) is 29.6 Å². The molecule has 4 heteroatoms. The number of hydrazine groups is 1. The van der Waals surface area contributed by atoms with Gasteiger partial charge in [-0.2, -0.15) is 0 Å². The summed E-state index contributed by atoms with van der Waals surface area (Å²) in [4.78, 5) is 4.51. The molecule has 0 radical (unpaired) electrons. The van der Waals surface area contributed by atoms with E-state index in [0.717, 1.165) is 44.6 Å². The summed E-state index contributed by atoms with van der Waals surface area (Å²) in [5.41, 5.74) is 5.33. The highest BCUT2D eigenvalue weighted by molar-refractivity contribution is 5.22. The van der Waals surface area contributed by atoms with Gasteiger partial charge in [0.05, 0.1) is 11.7 Å². The lowest BCUT2D eigenvalue weighted by atomic mass is 9.90. The number of aromatic nitrogens is 1. The molecule has 100 valence electrons. The molecule has 1 fully saturated rings. The van der Waals surface area contributed by atoms with Crippen molar-refractivity contribution in [3.8, 4) is 0 Å². The molecule has 0 amide bonds. The summed E-state index contributed by atoms with van der Waals surface area (Å²) in [6.45, 7) is 3.91. The molecular formula is C14H23N3O. The lowest BCUT2D eigenvalue weighted by Gasteiger charge is -2.26. The second-order valence-electron chi connectivity index (χ2n) is 4.91. The zero-order chi connectivity index (χ0) is 12.8. The summed E-state index contributed by atoms with van der Waals surface area (Å²) in [7, 11) is 0. The number of nitrogens with one attached hydrogen (secondary N) is 1. The summed E-state index contributed by atoms with van der Waals surface area (Å²) in [5.74, 6) is 6.41. The van der Waals surface area contributed by atoms with Crippen LogP contribution in [0.3, 0.4) is 0 Å². The van der Waals surface area contributed by atoms with E-state index in [1.807, 2.05) is 12.3 Å². The van der Waals surface area contributed by atoms with Crippen molar-refractivity contribution in [2.75, 3.05) is 13.2 Å². The summed E-state index contributed by atoms with van der Waals surface area (Å²) >= 11 is 0. The minimum atomic E-state index is 0.157. The van der Waals surface area contributed by atoms with Crippen LogP contribution < -0.4 is 11.3 Å². The number of rotatable bonds is 5. The van der Waals surface area contributed by atoms with Gasteiger partial charge in [0.2, 0.25) is 0 Å². The van der Waals surface area contributed by atoms with Crippen molar-refractivity contribution in [3.63, 3.8) is 0 Å². The van der Waals surface area contributed by atoms with Crippen molar-refractivity contribution in [2.24, 2.45) is 11.8 Å². The Kier molecular flexibility index (Phi) is 5.11. The molecular weight excluding hydrogens is 226 g/mol. The Hall–Kier alpha value is -0.970. The molecule has 3 N–H and O–H groups in total. The van der Waals surface area contributed by atoms with Crippen LogP contribution in [0.25, 0.3) is 0 Å². The lowest BCUT2D eigenvalue weighted by Crippen LogP contribution is -2.32. The molecule has 1 atom stereocenters. The highest BCUT2D eigenvalue weighted by atomic mass is 16.5. The Morgan fingerprint density at radius 3 is 2.94 bits per heavy atom. The number of hydrogen-bond donors (Lipinski definition) is 2. The number of nitrogens with zero attached hydrogens (tertiary/aromatic N) is 1. The topological polar surface area (TPSA) is 60.2 Å². The Labute approximate surface area is 109 Å². The van der Waals surface area contributed by atoms with Crippen LogP contribution in [0.15, 0.2) is 18.3 Å². The molecule has 0 saturated carbocycles. The monoisotopic (exact) mass is 249 g/mol. The van der Waals surface area contributed by atoms with Crippen molar-refractivity contribution in [2.45, 2.75) is 38.6 Å². The molecule has 2 rings (SSSR count). The molecule has 0 aromatic carbocycles. The SMILES string of the molecule is CCc1cccnc1C(CC1CCOCC1)NN.